The average molecular weight is 368 g/mol. The molecule has 5 nitrogen and oxygen atoms in total. The van der Waals surface area contributed by atoms with Crippen molar-refractivity contribution in [3.63, 3.8) is 0 Å². The number of benzene rings is 1. The molecule has 0 radical (unpaired) electrons. The molecule has 4 rings (SSSR count). The van der Waals surface area contributed by atoms with Crippen molar-refractivity contribution < 1.29 is 9.47 Å². The number of piperazine rings is 1. The molecule has 0 bridgehead atoms. The summed E-state index contributed by atoms with van der Waals surface area (Å²) in [5.74, 6) is 0.790. The SMILES string of the molecule is COc1ccc(Cl)c2sc(N3CCN(C4CCOCC4)CC3)nc12. The molecule has 3 heterocycles. The van der Waals surface area contributed by atoms with E-state index in [9.17, 15) is 0 Å². The summed E-state index contributed by atoms with van der Waals surface area (Å²) in [5.41, 5.74) is 0.872. The van der Waals surface area contributed by atoms with Gasteiger partial charge in [0.15, 0.2) is 5.13 Å². The number of methoxy groups -OCH3 is 1. The molecule has 2 aliphatic rings. The van der Waals surface area contributed by atoms with Gasteiger partial charge in [-0.15, -0.1) is 0 Å². The number of aromatic nitrogens is 1. The molecule has 0 amide bonds. The summed E-state index contributed by atoms with van der Waals surface area (Å²) < 4.78 is 11.9. The third-order valence-electron chi connectivity index (χ3n) is 4.96. The Hall–Kier alpha value is -1.08. The lowest BCUT2D eigenvalue weighted by molar-refractivity contribution is 0.0321. The van der Waals surface area contributed by atoms with Crippen molar-refractivity contribution in [3.8, 4) is 5.75 Å². The quantitative estimate of drug-likeness (QED) is 0.832. The molecule has 0 unspecified atom stereocenters. The summed E-state index contributed by atoms with van der Waals surface area (Å²) in [4.78, 5) is 9.78. The fourth-order valence-corrected chi connectivity index (χ4v) is 4.88. The lowest BCUT2D eigenvalue weighted by Gasteiger charge is -2.40. The summed E-state index contributed by atoms with van der Waals surface area (Å²) in [7, 11) is 1.67. The van der Waals surface area contributed by atoms with E-state index in [-0.39, 0.29) is 0 Å². The van der Waals surface area contributed by atoms with Crippen LogP contribution in [0.1, 0.15) is 12.8 Å². The van der Waals surface area contributed by atoms with Crippen molar-refractivity contribution in [3.05, 3.63) is 17.2 Å². The second-order valence-corrected chi connectivity index (χ2v) is 7.68. The van der Waals surface area contributed by atoms with Crippen LogP contribution in [0.15, 0.2) is 12.1 Å². The minimum atomic E-state index is 0.686. The molecule has 1 aromatic carbocycles. The van der Waals surface area contributed by atoms with Crippen LogP contribution < -0.4 is 9.64 Å². The highest BCUT2D eigenvalue weighted by atomic mass is 35.5. The zero-order valence-electron chi connectivity index (χ0n) is 13.8. The first-order valence-electron chi connectivity index (χ1n) is 8.46. The number of fused-ring (bicyclic) bond motifs is 1. The van der Waals surface area contributed by atoms with Crippen LogP contribution in [0.3, 0.4) is 0 Å². The Balaban J connectivity index is 1.49. The Labute approximate surface area is 151 Å². The van der Waals surface area contributed by atoms with E-state index in [2.05, 4.69) is 9.80 Å². The molecule has 0 aliphatic carbocycles. The van der Waals surface area contributed by atoms with Gasteiger partial charge in [0, 0.05) is 45.4 Å². The highest BCUT2D eigenvalue weighted by molar-refractivity contribution is 7.22. The predicted molar refractivity (Wildman–Crippen MR) is 98.8 cm³/mol. The van der Waals surface area contributed by atoms with Crippen molar-refractivity contribution in [2.75, 3.05) is 51.4 Å². The van der Waals surface area contributed by atoms with Crippen molar-refractivity contribution in [1.29, 1.82) is 0 Å². The van der Waals surface area contributed by atoms with Crippen molar-refractivity contribution in [1.82, 2.24) is 9.88 Å². The van der Waals surface area contributed by atoms with Crippen LogP contribution in [0.25, 0.3) is 10.2 Å². The molecule has 1 aromatic heterocycles. The van der Waals surface area contributed by atoms with E-state index in [4.69, 9.17) is 26.1 Å². The molecular weight excluding hydrogens is 346 g/mol. The molecule has 0 atom stereocenters. The van der Waals surface area contributed by atoms with Gasteiger partial charge in [-0.2, -0.15) is 0 Å². The predicted octanol–water partition coefficient (Wildman–Crippen LogP) is 3.26. The van der Waals surface area contributed by atoms with Crippen LogP contribution in [0.5, 0.6) is 5.75 Å². The molecule has 2 fully saturated rings. The molecule has 0 N–H and O–H groups in total. The summed E-state index contributed by atoms with van der Waals surface area (Å²) in [6.07, 6.45) is 2.32. The van der Waals surface area contributed by atoms with Crippen LogP contribution in [-0.2, 0) is 4.74 Å². The van der Waals surface area contributed by atoms with Crippen molar-refractivity contribution in [2.24, 2.45) is 0 Å². The van der Waals surface area contributed by atoms with Gasteiger partial charge in [0.25, 0.3) is 0 Å². The molecule has 2 aliphatic heterocycles. The average Bonchev–Trinajstić information content (AvgIpc) is 3.09. The van der Waals surface area contributed by atoms with Gasteiger partial charge in [-0.05, 0) is 25.0 Å². The number of thiazole rings is 1. The van der Waals surface area contributed by atoms with Gasteiger partial charge in [0.05, 0.1) is 16.8 Å². The number of rotatable bonds is 3. The first-order chi connectivity index (χ1) is 11.8. The molecule has 0 spiro atoms. The number of ether oxygens (including phenoxy) is 2. The van der Waals surface area contributed by atoms with E-state index in [1.165, 1.54) is 0 Å². The minimum Gasteiger partial charge on any atom is -0.494 e. The van der Waals surface area contributed by atoms with Crippen LogP contribution in [0, 0.1) is 0 Å². The minimum absolute atomic E-state index is 0.686. The molecule has 2 aromatic rings. The Morgan fingerprint density at radius 2 is 1.96 bits per heavy atom. The standard InChI is InChI=1S/C17H22ClN3O2S/c1-22-14-3-2-13(18)16-15(14)19-17(24-16)21-8-6-20(7-9-21)12-4-10-23-11-5-12/h2-3,12H,4-11H2,1H3. The van der Waals surface area contributed by atoms with Gasteiger partial charge >= 0.3 is 0 Å². The fourth-order valence-electron chi connectivity index (χ4n) is 3.57. The molecular formula is C17H22ClN3O2S. The van der Waals surface area contributed by atoms with Crippen LogP contribution >= 0.6 is 22.9 Å². The summed E-state index contributed by atoms with van der Waals surface area (Å²) in [6, 6.07) is 4.45. The lowest BCUT2D eigenvalue weighted by Crippen LogP contribution is -2.51. The Morgan fingerprint density at radius 3 is 2.67 bits per heavy atom. The summed E-state index contributed by atoms with van der Waals surface area (Å²) in [6.45, 7) is 6.01. The molecule has 24 heavy (non-hydrogen) atoms. The highest BCUT2D eigenvalue weighted by Gasteiger charge is 2.27. The number of nitrogens with zero attached hydrogens (tertiary/aromatic N) is 3. The second-order valence-electron chi connectivity index (χ2n) is 6.29. The highest BCUT2D eigenvalue weighted by Crippen LogP contribution is 2.38. The summed E-state index contributed by atoms with van der Waals surface area (Å²) >= 11 is 8.00. The van der Waals surface area contributed by atoms with E-state index in [0.717, 1.165) is 78.4 Å². The third-order valence-corrected chi connectivity index (χ3v) is 6.54. The molecule has 130 valence electrons. The van der Waals surface area contributed by atoms with Gasteiger partial charge in [0.1, 0.15) is 11.3 Å². The van der Waals surface area contributed by atoms with Crippen LogP contribution in [0.2, 0.25) is 5.02 Å². The van der Waals surface area contributed by atoms with Crippen molar-refractivity contribution >= 4 is 38.3 Å². The molecule has 7 heteroatoms. The molecule has 2 saturated heterocycles. The Bertz CT molecular complexity index is 709. The largest absolute Gasteiger partial charge is 0.494 e. The van der Waals surface area contributed by atoms with E-state index >= 15 is 0 Å². The van der Waals surface area contributed by atoms with E-state index in [1.54, 1.807) is 18.4 Å². The number of anilines is 1. The van der Waals surface area contributed by atoms with E-state index in [0.29, 0.717) is 6.04 Å². The number of hydrogen-bond donors (Lipinski definition) is 0. The van der Waals surface area contributed by atoms with Crippen molar-refractivity contribution in [2.45, 2.75) is 18.9 Å². The zero-order valence-corrected chi connectivity index (χ0v) is 15.4. The van der Waals surface area contributed by atoms with Crippen LogP contribution in [0.4, 0.5) is 5.13 Å². The first kappa shape index (κ1) is 16.4. The van der Waals surface area contributed by atoms with Gasteiger partial charge in [0.2, 0.25) is 0 Å². The monoisotopic (exact) mass is 367 g/mol. The first-order valence-corrected chi connectivity index (χ1v) is 9.65. The summed E-state index contributed by atoms with van der Waals surface area (Å²) in [5, 5.41) is 1.79. The normalized spacial score (nSPS) is 20.7. The zero-order chi connectivity index (χ0) is 16.5. The van der Waals surface area contributed by atoms with Gasteiger partial charge < -0.3 is 14.4 Å². The number of hydrogen-bond acceptors (Lipinski definition) is 6. The number of halogens is 1. The second kappa shape index (κ2) is 7.04. The van der Waals surface area contributed by atoms with E-state index in [1.807, 2.05) is 12.1 Å². The van der Waals surface area contributed by atoms with Gasteiger partial charge in [-0.3, -0.25) is 4.90 Å². The fraction of sp³-hybridized carbons (Fsp3) is 0.588. The topological polar surface area (TPSA) is 37.8 Å². The maximum absolute atomic E-state index is 6.34. The Morgan fingerprint density at radius 1 is 1.21 bits per heavy atom. The Kier molecular flexibility index (Phi) is 4.81. The maximum atomic E-state index is 6.34. The van der Waals surface area contributed by atoms with Crippen LogP contribution in [-0.4, -0.2) is 62.4 Å². The van der Waals surface area contributed by atoms with Gasteiger partial charge in [-0.25, -0.2) is 4.98 Å². The lowest BCUT2D eigenvalue weighted by atomic mass is 10.1. The molecule has 0 saturated carbocycles. The smallest absolute Gasteiger partial charge is 0.186 e. The van der Waals surface area contributed by atoms with E-state index < -0.39 is 0 Å². The van der Waals surface area contributed by atoms with Gasteiger partial charge in [-0.1, -0.05) is 22.9 Å². The third kappa shape index (κ3) is 3.08. The maximum Gasteiger partial charge on any atom is 0.186 e.